The Morgan fingerprint density at radius 2 is 1.50 bits per heavy atom. The molecule has 7 heteroatoms. The fourth-order valence-corrected chi connectivity index (χ4v) is 10.3. The van der Waals surface area contributed by atoms with Gasteiger partial charge in [-0.25, -0.2) is 9.69 Å². The first-order valence-electron chi connectivity index (χ1n) is 10.5. The number of likely N-dealkylation sites (tertiary alicyclic amines) is 1. The van der Waals surface area contributed by atoms with E-state index in [1.165, 1.54) is 4.90 Å². The molecule has 0 saturated carbocycles. The second-order valence-corrected chi connectivity index (χ2v) is 16.1. The van der Waals surface area contributed by atoms with Gasteiger partial charge in [-0.3, -0.25) is 4.79 Å². The molecule has 6 nitrogen and oxygen atoms in total. The quantitative estimate of drug-likeness (QED) is 0.353. The Kier molecular flexibility index (Phi) is 6.17. The van der Waals surface area contributed by atoms with Crippen LogP contribution in [0.2, 0.25) is 16.6 Å². The Morgan fingerprint density at radius 3 is 1.82 bits per heavy atom. The molecule has 2 fully saturated rings. The zero-order valence-corrected chi connectivity index (χ0v) is 20.5. The third-order valence-electron chi connectivity index (χ3n) is 6.09. The van der Waals surface area contributed by atoms with Crippen molar-refractivity contribution in [1.82, 2.24) is 4.90 Å². The topological polar surface area (TPSA) is 68.4 Å². The van der Waals surface area contributed by atoms with Crippen molar-refractivity contribution in [3.63, 3.8) is 0 Å². The van der Waals surface area contributed by atoms with E-state index in [9.17, 15) is 9.59 Å². The molecule has 2 rings (SSSR count). The Hall–Kier alpha value is -0.923. The van der Waals surface area contributed by atoms with E-state index in [4.69, 9.17) is 13.9 Å². The highest BCUT2D eigenvalue weighted by atomic mass is 28.4. The van der Waals surface area contributed by atoms with Gasteiger partial charge in [-0.1, -0.05) is 41.5 Å². The number of hydrogen-bond acceptors (Lipinski definition) is 5. The largest absolute Gasteiger partial charge is 0.443 e. The summed E-state index contributed by atoms with van der Waals surface area (Å²) in [6.07, 6.45) is -1.47. The number of β-lactam (4-membered cyclic amide) rings is 1. The Balaban J connectivity index is 2.33. The van der Waals surface area contributed by atoms with Crippen molar-refractivity contribution in [1.29, 1.82) is 0 Å². The number of hydrogen-bond donors (Lipinski definition) is 0. The molecule has 0 radical (unpaired) electrons. The van der Waals surface area contributed by atoms with Crippen LogP contribution < -0.4 is 0 Å². The lowest BCUT2D eigenvalue weighted by Gasteiger charge is -2.51. The van der Waals surface area contributed by atoms with Gasteiger partial charge in [-0.2, -0.15) is 0 Å². The molecule has 0 aliphatic carbocycles. The predicted molar refractivity (Wildman–Crippen MR) is 112 cm³/mol. The number of carbonyl (C=O) groups is 2. The summed E-state index contributed by atoms with van der Waals surface area (Å²) >= 11 is 0. The van der Waals surface area contributed by atoms with E-state index >= 15 is 0 Å². The highest BCUT2D eigenvalue weighted by Crippen LogP contribution is 2.49. The number of rotatable bonds is 6. The number of amides is 2. The monoisotopic (exact) mass is 413 g/mol. The molecule has 0 N–H and O–H groups in total. The van der Waals surface area contributed by atoms with Crippen molar-refractivity contribution >= 4 is 20.3 Å². The number of epoxide rings is 1. The van der Waals surface area contributed by atoms with E-state index in [2.05, 4.69) is 41.5 Å². The predicted octanol–water partition coefficient (Wildman–Crippen LogP) is 4.87. The Morgan fingerprint density at radius 1 is 1.07 bits per heavy atom. The molecule has 0 aromatic rings. The summed E-state index contributed by atoms with van der Waals surface area (Å²) in [5.74, 6) is -0.302. The first-order valence-corrected chi connectivity index (χ1v) is 12.6. The van der Waals surface area contributed by atoms with Gasteiger partial charge in [-0.05, 0) is 51.2 Å². The zero-order chi connectivity index (χ0) is 21.8. The average molecular weight is 414 g/mol. The molecule has 0 aromatic heterocycles. The van der Waals surface area contributed by atoms with Gasteiger partial charge < -0.3 is 13.9 Å². The molecule has 3 atom stereocenters. The van der Waals surface area contributed by atoms with Crippen LogP contribution in [0, 0.1) is 0 Å². The fraction of sp³-hybridized carbons (Fsp3) is 0.905. The van der Waals surface area contributed by atoms with Crippen molar-refractivity contribution < 1.29 is 23.5 Å². The van der Waals surface area contributed by atoms with Crippen LogP contribution >= 0.6 is 0 Å². The van der Waals surface area contributed by atoms with E-state index < -0.39 is 32.2 Å². The summed E-state index contributed by atoms with van der Waals surface area (Å²) in [4.78, 5) is 27.0. The van der Waals surface area contributed by atoms with Crippen LogP contribution in [-0.4, -0.2) is 54.7 Å². The molecule has 2 saturated heterocycles. The summed E-state index contributed by atoms with van der Waals surface area (Å²) in [5.41, 5.74) is 0.0179. The highest BCUT2D eigenvalue weighted by molar-refractivity contribution is 6.77. The van der Waals surface area contributed by atoms with Gasteiger partial charge in [0, 0.05) is 0 Å². The van der Waals surface area contributed by atoms with Crippen LogP contribution in [-0.2, 0) is 18.7 Å². The molecular formula is C21H39NO5Si. The molecule has 0 spiro atoms. The van der Waals surface area contributed by atoms with Crippen molar-refractivity contribution in [2.75, 3.05) is 0 Å². The maximum atomic E-state index is 13.1. The van der Waals surface area contributed by atoms with Crippen molar-refractivity contribution in [2.24, 2.45) is 0 Å². The third kappa shape index (κ3) is 4.03. The normalized spacial score (nSPS) is 27.4. The van der Waals surface area contributed by atoms with E-state index in [0.717, 1.165) is 0 Å². The minimum absolute atomic E-state index is 0.221. The first-order chi connectivity index (χ1) is 12.6. The molecule has 0 unspecified atom stereocenters. The van der Waals surface area contributed by atoms with Crippen LogP contribution in [0.5, 0.6) is 0 Å². The van der Waals surface area contributed by atoms with Crippen LogP contribution in [0.25, 0.3) is 0 Å². The summed E-state index contributed by atoms with van der Waals surface area (Å²) < 4.78 is 18.1. The number of nitrogens with zero attached hydrogens (tertiary/aromatic N) is 1. The van der Waals surface area contributed by atoms with Crippen LogP contribution in [0.15, 0.2) is 0 Å². The third-order valence-corrected chi connectivity index (χ3v) is 12.2. The SMILES string of the molecule is CC(C)[Si](O[C@H]1C(=O)N(C(=O)OC(C)(C)C)[C@H]1[C@H]1OC1(C)C)(C(C)C)C(C)C. The van der Waals surface area contributed by atoms with Gasteiger partial charge in [0.15, 0.2) is 0 Å². The van der Waals surface area contributed by atoms with E-state index in [1.807, 2.05) is 13.8 Å². The van der Waals surface area contributed by atoms with Gasteiger partial charge in [0.2, 0.25) is 8.32 Å². The fourth-order valence-electron chi connectivity index (χ4n) is 4.82. The molecular weight excluding hydrogens is 374 g/mol. The van der Waals surface area contributed by atoms with Gasteiger partial charge in [0.1, 0.15) is 23.9 Å². The molecule has 162 valence electrons. The Labute approximate surface area is 171 Å². The lowest BCUT2D eigenvalue weighted by molar-refractivity contribution is -0.163. The number of imide groups is 1. The molecule has 2 aliphatic rings. The lowest BCUT2D eigenvalue weighted by atomic mass is 9.90. The standard InChI is InChI=1S/C21H39NO5Si/c1-12(2)28(13(3)4,14(5)6)27-16-15(17-21(10,11)25-17)22(18(16)23)19(24)26-20(7,8)9/h12-17H,1-11H3/t15-,16-,17-/m1/s1. The smallest absolute Gasteiger partial charge is 0.417 e. The summed E-state index contributed by atoms with van der Waals surface area (Å²) in [6.45, 7) is 22.5. The second kappa shape index (κ2) is 7.40. The van der Waals surface area contributed by atoms with Crippen molar-refractivity contribution in [2.45, 2.75) is 122 Å². The maximum Gasteiger partial charge on any atom is 0.417 e. The molecule has 0 bridgehead atoms. The summed E-state index contributed by atoms with van der Waals surface area (Å²) in [6, 6.07) is -0.430. The molecule has 2 amide bonds. The van der Waals surface area contributed by atoms with Crippen LogP contribution in [0.1, 0.15) is 76.2 Å². The van der Waals surface area contributed by atoms with Gasteiger partial charge >= 0.3 is 6.09 Å². The minimum atomic E-state index is -2.27. The summed E-state index contributed by atoms with van der Waals surface area (Å²) in [5, 5.41) is 0. The first kappa shape index (κ1) is 23.4. The summed E-state index contributed by atoms with van der Waals surface area (Å²) in [7, 11) is -2.27. The van der Waals surface area contributed by atoms with E-state index in [1.54, 1.807) is 20.8 Å². The van der Waals surface area contributed by atoms with E-state index in [0.29, 0.717) is 16.6 Å². The molecule has 2 aliphatic heterocycles. The minimum Gasteiger partial charge on any atom is -0.443 e. The van der Waals surface area contributed by atoms with Crippen molar-refractivity contribution in [3.05, 3.63) is 0 Å². The second-order valence-electron chi connectivity index (χ2n) is 10.7. The highest BCUT2D eigenvalue weighted by Gasteiger charge is 2.68. The van der Waals surface area contributed by atoms with Gasteiger partial charge in [0.05, 0.1) is 5.60 Å². The molecule has 28 heavy (non-hydrogen) atoms. The van der Waals surface area contributed by atoms with Crippen LogP contribution in [0.3, 0.4) is 0 Å². The van der Waals surface area contributed by atoms with Crippen LogP contribution in [0.4, 0.5) is 4.79 Å². The van der Waals surface area contributed by atoms with Gasteiger partial charge in [0.25, 0.3) is 5.91 Å². The lowest BCUT2D eigenvalue weighted by Crippen LogP contribution is -2.73. The number of carbonyl (C=O) groups excluding carboxylic acids is 2. The van der Waals surface area contributed by atoms with Gasteiger partial charge in [-0.15, -0.1) is 0 Å². The average Bonchev–Trinajstić information content (AvgIpc) is 3.09. The zero-order valence-electron chi connectivity index (χ0n) is 19.5. The Bertz CT molecular complexity index is 601. The molecule has 0 aromatic carbocycles. The van der Waals surface area contributed by atoms with Crippen molar-refractivity contribution in [3.8, 4) is 0 Å². The maximum absolute atomic E-state index is 13.1. The van der Waals surface area contributed by atoms with E-state index in [-0.39, 0.29) is 17.6 Å². The number of ether oxygens (including phenoxy) is 2. The molecule has 2 heterocycles.